The van der Waals surface area contributed by atoms with Gasteiger partial charge in [0.15, 0.2) is 0 Å². The van der Waals surface area contributed by atoms with E-state index in [-0.39, 0.29) is 0 Å². The number of rotatable bonds is 5. The van der Waals surface area contributed by atoms with Gasteiger partial charge in [0, 0.05) is 19.6 Å². The van der Waals surface area contributed by atoms with E-state index in [0.29, 0.717) is 6.04 Å². The van der Waals surface area contributed by atoms with Crippen LogP contribution in [-0.4, -0.2) is 24.6 Å². The summed E-state index contributed by atoms with van der Waals surface area (Å²) in [6.45, 7) is 3.15. The monoisotopic (exact) mass is 219 g/mol. The number of hydrogen-bond donors (Lipinski definition) is 1. The number of hydrogen-bond acceptors (Lipinski definition) is 3. The van der Waals surface area contributed by atoms with Gasteiger partial charge in [-0.05, 0) is 37.8 Å². The molecule has 1 aliphatic carbocycles. The summed E-state index contributed by atoms with van der Waals surface area (Å²) >= 11 is 0. The summed E-state index contributed by atoms with van der Waals surface area (Å²) in [5, 5.41) is 3.33. The van der Waals surface area contributed by atoms with Crippen LogP contribution in [-0.2, 0) is 0 Å². The molecule has 1 fully saturated rings. The fraction of sp³-hybridized carbons (Fsp3) is 0.615. The second-order valence-corrected chi connectivity index (χ2v) is 4.50. The van der Waals surface area contributed by atoms with Crippen LogP contribution in [0.4, 0.5) is 11.6 Å². The number of nitrogens with zero attached hydrogens (tertiary/aromatic N) is 2. The largest absolute Gasteiger partial charge is 0.370 e. The van der Waals surface area contributed by atoms with E-state index in [0.717, 1.165) is 24.6 Å². The lowest BCUT2D eigenvalue weighted by molar-refractivity contribution is 0.399. The molecule has 0 unspecified atom stereocenters. The zero-order valence-corrected chi connectivity index (χ0v) is 10.2. The van der Waals surface area contributed by atoms with E-state index in [2.05, 4.69) is 41.3 Å². The maximum absolute atomic E-state index is 4.63. The van der Waals surface area contributed by atoms with Crippen molar-refractivity contribution in [3.63, 3.8) is 0 Å². The standard InChI is InChI=1S/C13H21N3/c1-3-10-14-12-8-5-9-13(15-12)16(2)11-6-4-7-11/h5,8-9,11H,3-4,6-7,10H2,1-2H3,(H,14,15). The molecule has 0 aliphatic heterocycles. The smallest absolute Gasteiger partial charge is 0.130 e. The first-order valence-electron chi connectivity index (χ1n) is 6.25. The first-order valence-corrected chi connectivity index (χ1v) is 6.25. The first-order chi connectivity index (χ1) is 7.81. The third-order valence-corrected chi connectivity index (χ3v) is 3.27. The van der Waals surface area contributed by atoms with Crippen molar-refractivity contribution >= 4 is 11.6 Å². The van der Waals surface area contributed by atoms with Crippen LogP contribution in [0.15, 0.2) is 18.2 Å². The topological polar surface area (TPSA) is 28.2 Å². The molecule has 1 aliphatic rings. The van der Waals surface area contributed by atoms with Gasteiger partial charge >= 0.3 is 0 Å². The summed E-state index contributed by atoms with van der Waals surface area (Å²) in [5.74, 6) is 2.08. The molecule has 0 bridgehead atoms. The summed E-state index contributed by atoms with van der Waals surface area (Å²) in [7, 11) is 2.15. The summed E-state index contributed by atoms with van der Waals surface area (Å²) in [4.78, 5) is 6.93. The molecule has 1 heterocycles. The molecule has 3 nitrogen and oxygen atoms in total. The zero-order valence-electron chi connectivity index (χ0n) is 10.2. The van der Waals surface area contributed by atoms with Crippen molar-refractivity contribution < 1.29 is 0 Å². The Bertz CT molecular complexity index is 334. The van der Waals surface area contributed by atoms with Crippen molar-refractivity contribution in [2.75, 3.05) is 23.8 Å². The Morgan fingerprint density at radius 1 is 1.44 bits per heavy atom. The zero-order chi connectivity index (χ0) is 11.4. The molecule has 0 saturated heterocycles. The molecule has 3 heteroatoms. The predicted octanol–water partition coefficient (Wildman–Crippen LogP) is 2.89. The number of aromatic nitrogens is 1. The second kappa shape index (κ2) is 5.19. The van der Waals surface area contributed by atoms with Crippen LogP contribution < -0.4 is 10.2 Å². The minimum atomic E-state index is 0.703. The summed E-state index contributed by atoms with van der Waals surface area (Å²) in [5.41, 5.74) is 0. The van der Waals surface area contributed by atoms with Crippen LogP contribution in [0, 0.1) is 0 Å². The molecule has 0 atom stereocenters. The van der Waals surface area contributed by atoms with E-state index in [1.165, 1.54) is 19.3 Å². The van der Waals surface area contributed by atoms with Crippen LogP contribution in [0.25, 0.3) is 0 Å². The lowest BCUT2D eigenvalue weighted by Gasteiger charge is -2.35. The van der Waals surface area contributed by atoms with E-state index in [1.54, 1.807) is 0 Å². The van der Waals surface area contributed by atoms with Crippen molar-refractivity contribution in [1.82, 2.24) is 4.98 Å². The highest BCUT2D eigenvalue weighted by Crippen LogP contribution is 2.27. The SMILES string of the molecule is CCCNc1cccc(N(C)C2CCC2)n1. The van der Waals surface area contributed by atoms with Crippen molar-refractivity contribution in [2.24, 2.45) is 0 Å². The van der Waals surface area contributed by atoms with Gasteiger partial charge < -0.3 is 10.2 Å². The van der Waals surface area contributed by atoms with Crippen molar-refractivity contribution in [3.8, 4) is 0 Å². The van der Waals surface area contributed by atoms with Gasteiger partial charge in [-0.3, -0.25) is 0 Å². The molecule has 0 aromatic carbocycles. The molecular weight excluding hydrogens is 198 g/mol. The Morgan fingerprint density at radius 3 is 2.88 bits per heavy atom. The van der Waals surface area contributed by atoms with Gasteiger partial charge in [0.25, 0.3) is 0 Å². The quantitative estimate of drug-likeness (QED) is 0.825. The van der Waals surface area contributed by atoms with Crippen LogP contribution in [0.3, 0.4) is 0 Å². The fourth-order valence-electron chi connectivity index (χ4n) is 1.93. The molecule has 1 N–H and O–H groups in total. The third kappa shape index (κ3) is 2.46. The van der Waals surface area contributed by atoms with Crippen molar-refractivity contribution in [2.45, 2.75) is 38.6 Å². The molecular formula is C13H21N3. The van der Waals surface area contributed by atoms with Gasteiger partial charge in [-0.2, -0.15) is 0 Å². The van der Waals surface area contributed by atoms with E-state index in [4.69, 9.17) is 0 Å². The lowest BCUT2D eigenvalue weighted by atomic mass is 9.92. The molecule has 1 saturated carbocycles. The Balaban J connectivity index is 2.02. The molecule has 0 spiro atoms. The highest BCUT2D eigenvalue weighted by Gasteiger charge is 2.22. The Hall–Kier alpha value is -1.25. The van der Waals surface area contributed by atoms with Gasteiger partial charge in [0.1, 0.15) is 11.6 Å². The highest BCUT2D eigenvalue weighted by molar-refractivity contribution is 5.47. The number of pyridine rings is 1. The van der Waals surface area contributed by atoms with Gasteiger partial charge in [-0.25, -0.2) is 4.98 Å². The van der Waals surface area contributed by atoms with E-state index >= 15 is 0 Å². The number of nitrogens with one attached hydrogen (secondary N) is 1. The van der Waals surface area contributed by atoms with Crippen LogP contribution in [0.5, 0.6) is 0 Å². The van der Waals surface area contributed by atoms with Crippen molar-refractivity contribution in [3.05, 3.63) is 18.2 Å². The Morgan fingerprint density at radius 2 is 2.25 bits per heavy atom. The first kappa shape index (κ1) is 11.2. The van der Waals surface area contributed by atoms with E-state index in [1.807, 2.05) is 6.07 Å². The summed E-state index contributed by atoms with van der Waals surface area (Å²) in [6.07, 6.45) is 5.11. The maximum Gasteiger partial charge on any atom is 0.130 e. The third-order valence-electron chi connectivity index (χ3n) is 3.27. The fourth-order valence-corrected chi connectivity index (χ4v) is 1.93. The van der Waals surface area contributed by atoms with Crippen LogP contribution in [0.2, 0.25) is 0 Å². The molecule has 88 valence electrons. The maximum atomic E-state index is 4.63. The normalized spacial score (nSPS) is 15.6. The molecule has 2 rings (SSSR count). The predicted molar refractivity (Wildman–Crippen MR) is 69.1 cm³/mol. The molecule has 0 radical (unpaired) electrons. The minimum Gasteiger partial charge on any atom is -0.370 e. The van der Waals surface area contributed by atoms with Gasteiger partial charge in [-0.1, -0.05) is 13.0 Å². The Labute approximate surface area is 97.9 Å². The molecule has 1 aromatic rings. The molecule has 0 amide bonds. The lowest BCUT2D eigenvalue weighted by Crippen LogP contribution is -2.37. The molecule has 16 heavy (non-hydrogen) atoms. The average molecular weight is 219 g/mol. The number of anilines is 2. The van der Waals surface area contributed by atoms with Gasteiger partial charge in [0.2, 0.25) is 0 Å². The van der Waals surface area contributed by atoms with Gasteiger partial charge in [-0.15, -0.1) is 0 Å². The second-order valence-electron chi connectivity index (χ2n) is 4.50. The highest BCUT2D eigenvalue weighted by atomic mass is 15.2. The van der Waals surface area contributed by atoms with E-state index in [9.17, 15) is 0 Å². The molecule has 1 aromatic heterocycles. The average Bonchev–Trinajstić information content (AvgIpc) is 2.24. The Kier molecular flexibility index (Phi) is 3.65. The summed E-state index contributed by atoms with van der Waals surface area (Å²) < 4.78 is 0. The van der Waals surface area contributed by atoms with Gasteiger partial charge in [0.05, 0.1) is 0 Å². The van der Waals surface area contributed by atoms with Crippen LogP contribution >= 0.6 is 0 Å². The minimum absolute atomic E-state index is 0.703. The van der Waals surface area contributed by atoms with Crippen molar-refractivity contribution in [1.29, 1.82) is 0 Å². The summed E-state index contributed by atoms with van der Waals surface area (Å²) in [6, 6.07) is 6.91. The van der Waals surface area contributed by atoms with Crippen LogP contribution in [0.1, 0.15) is 32.6 Å². The van der Waals surface area contributed by atoms with E-state index < -0.39 is 0 Å².